The smallest absolute Gasteiger partial charge is 0.317 e. The molecule has 1 fully saturated rings. The van der Waals surface area contributed by atoms with E-state index in [-0.39, 0.29) is 5.57 Å². The lowest BCUT2D eigenvalue weighted by atomic mass is 10.1. The Morgan fingerprint density at radius 3 is 2.24 bits per heavy atom. The number of hydrogen-bond acceptors (Lipinski definition) is 3. The lowest BCUT2D eigenvalue weighted by Gasteiger charge is -2.26. The summed E-state index contributed by atoms with van der Waals surface area (Å²) >= 11 is 2.23. The Morgan fingerprint density at radius 2 is 1.55 bits per heavy atom. The molecule has 4 rings (SSSR count). The highest BCUT2D eigenvalue weighted by molar-refractivity contribution is 14.1. The average molecular weight is 497 g/mol. The number of aryl methyl sites for hydroxylation is 1. The van der Waals surface area contributed by atoms with Crippen LogP contribution in [-0.4, -0.2) is 22.4 Å². The van der Waals surface area contributed by atoms with Gasteiger partial charge in [-0.3, -0.25) is 14.9 Å². The number of rotatable bonds is 3. The minimum atomic E-state index is -0.756. The number of hydrogen-bond donors (Lipinski definition) is 1. The van der Waals surface area contributed by atoms with E-state index in [4.69, 9.17) is 0 Å². The van der Waals surface area contributed by atoms with Crippen molar-refractivity contribution in [3.63, 3.8) is 0 Å². The van der Waals surface area contributed by atoms with Gasteiger partial charge in [0.15, 0.2) is 0 Å². The van der Waals surface area contributed by atoms with E-state index in [0.717, 1.165) is 19.7 Å². The first-order valence-corrected chi connectivity index (χ1v) is 9.93. The van der Waals surface area contributed by atoms with Gasteiger partial charge in [0.2, 0.25) is 0 Å². The number of imide groups is 2. The molecule has 1 aliphatic rings. The van der Waals surface area contributed by atoms with Crippen LogP contribution < -0.4 is 10.2 Å². The molecule has 0 aliphatic carbocycles. The summed E-state index contributed by atoms with van der Waals surface area (Å²) in [7, 11) is 0. The van der Waals surface area contributed by atoms with Gasteiger partial charge in [0, 0.05) is 21.1 Å². The predicted molar refractivity (Wildman–Crippen MR) is 119 cm³/mol. The summed E-state index contributed by atoms with van der Waals surface area (Å²) < 4.78 is 2.98. The lowest BCUT2D eigenvalue weighted by Crippen LogP contribution is -2.54. The fraction of sp³-hybridized carbons (Fsp3) is 0.0455. The van der Waals surface area contributed by atoms with Crippen LogP contribution in [0.5, 0.6) is 0 Å². The SMILES string of the molecule is Cc1ccc(N2C(=O)NC(=O)/C(=C/c3cccn3-c3ccc(I)cc3)C2=O)cc1. The largest absolute Gasteiger partial charge is 0.335 e. The van der Waals surface area contributed by atoms with Gasteiger partial charge in [-0.25, -0.2) is 9.69 Å². The normalized spacial score (nSPS) is 15.7. The third-order valence-corrected chi connectivity index (χ3v) is 5.29. The van der Waals surface area contributed by atoms with Crippen LogP contribution in [0.15, 0.2) is 72.4 Å². The standard InChI is InChI=1S/C22H16IN3O3/c1-14-4-8-17(9-5-14)26-21(28)19(20(27)24-22(26)29)13-18-3-2-12-25(18)16-10-6-15(23)7-11-16/h2-13H,1H3,(H,24,27,29)/b19-13-. The van der Waals surface area contributed by atoms with E-state index in [1.54, 1.807) is 30.3 Å². The average Bonchev–Trinajstić information content (AvgIpc) is 3.15. The van der Waals surface area contributed by atoms with Crippen molar-refractivity contribution in [2.45, 2.75) is 6.92 Å². The zero-order chi connectivity index (χ0) is 20.5. The first-order chi connectivity index (χ1) is 13.9. The number of anilines is 1. The Kier molecular flexibility index (Phi) is 5.06. The summed E-state index contributed by atoms with van der Waals surface area (Å²) in [5.41, 5.74) is 2.86. The van der Waals surface area contributed by atoms with E-state index in [9.17, 15) is 14.4 Å². The number of halogens is 1. The number of benzene rings is 2. The molecule has 3 aromatic rings. The van der Waals surface area contributed by atoms with Crippen molar-refractivity contribution < 1.29 is 14.4 Å². The second-order valence-corrected chi connectivity index (χ2v) is 7.82. The Morgan fingerprint density at radius 1 is 0.897 bits per heavy atom. The van der Waals surface area contributed by atoms with Crippen LogP contribution in [0, 0.1) is 10.5 Å². The Bertz CT molecular complexity index is 1140. The van der Waals surface area contributed by atoms with Crippen LogP contribution in [0.3, 0.4) is 0 Å². The van der Waals surface area contributed by atoms with Crippen LogP contribution >= 0.6 is 22.6 Å². The van der Waals surface area contributed by atoms with Crippen LogP contribution in [0.4, 0.5) is 10.5 Å². The van der Waals surface area contributed by atoms with Gasteiger partial charge in [-0.1, -0.05) is 17.7 Å². The molecule has 0 radical (unpaired) electrons. The molecular weight excluding hydrogens is 481 g/mol. The van der Waals surface area contributed by atoms with E-state index in [1.807, 2.05) is 48.0 Å². The van der Waals surface area contributed by atoms with Gasteiger partial charge in [-0.2, -0.15) is 0 Å². The zero-order valence-corrected chi connectivity index (χ0v) is 17.6. The molecule has 1 aromatic heterocycles. The van der Waals surface area contributed by atoms with E-state index in [1.165, 1.54) is 6.08 Å². The molecule has 4 amide bonds. The minimum absolute atomic E-state index is 0.101. The first kappa shape index (κ1) is 19.1. The number of nitrogens with zero attached hydrogens (tertiary/aromatic N) is 2. The van der Waals surface area contributed by atoms with Gasteiger partial charge in [0.05, 0.1) is 5.69 Å². The molecule has 2 heterocycles. The highest BCUT2D eigenvalue weighted by Gasteiger charge is 2.36. The molecule has 1 saturated heterocycles. The van der Waals surface area contributed by atoms with Crippen molar-refractivity contribution in [1.29, 1.82) is 0 Å². The Labute approximate surface area is 181 Å². The maximum Gasteiger partial charge on any atom is 0.335 e. The van der Waals surface area contributed by atoms with Gasteiger partial charge in [0.1, 0.15) is 5.57 Å². The molecule has 2 aromatic carbocycles. The highest BCUT2D eigenvalue weighted by atomic mass is 127. The number of carbonyl (C=O) groups excluding carboxylic acids is 3. The molecule has 144 valence electrons. The minimum Gasteiger partial charge on any atom is -0.317 e. The number of aromatic nitrogens is 1. The summed E-state index contributed by atoms with van der Waals surface area (Å²) in [5, 5.41) is 2.25. The van der Waals surface area contributed by atoms with Gasteiger partial charge < -0.3 is 4.57 Å². The topological polar surface area (TPSA) is 71.4 Å². The van der Waals surface area contributed by atoms with Crippen LogP contribution in [-0.2, 0) is 9.59 Å². The molecule has 7 heteroatoms. The second-order valence-electron chi connectivity index (χ2n) is 6.57. The quantitative estimate of drug-likeness (QED) is 0.337. The number of urea groups is 1. The van der Waals surface area contributed by atoms with Crippen molar-refractivity contribution in [2.75, 3.05) is 4.90 Å². The molecule has 6 nitrogen and oxygen atoms in total. The maximum absolute atomic E-state index is 13.0. The highest BCUT2D eigenvalue weighted by Crippen LogP contribution is 2.23. The van der Waals surface area contributed by atoms with Gasteiger partial charge in [0.25, 0.3) is 11.8 Å². The number of nitrogens with one attached hydrogen (secondary N) is 1. The number of amides is 4. The summed E-state index contributed by atoms with van der Waals surface area (Å²) in [5.74, 6) is -1.36. The van der Waals surface area contributed by atoms with Crippen LogP contribution in [0.2, 0.25) is 0 Å². The molecule has 0 saturated carbocycles. The summed E-state index contributed by atoms with van der Waals surface area (Å²) in [6.45, 7) is 1.91. The number of barbiturate groups is 1. The predicted octanol–water partition coefficient (Wildman–Crippen LogP) is 4.06. The van der Waals surface area contributed by atoms with E-state index in [0.29, 0.717) is 11.4 Å². The van der Waals surface area contributed by atoms with Gasteiger partial charge in [-0.05, 0) is 84.1 Å². The summed E-state index contributed by atoms with van der Waals surface area (Å²) in [4.78, 5) is 38.7. The summed E-state index contributed by atoms with van der Waals surface area (Å²) in [6, 6.07) is 17.7. The van der Waals surface area contributed by atoms with Gasteiger partial charge >= 0.3 is 6.03 Å². The second kappa shape index (κ2) is 7.67. The van der Waals surface area contributed by atoms with Crippen molar-refractivity contribution in [2.24, 2.45) is 0 Å². The molecule has 1 N–H and O–H groups in total. The van der Waals surface area contributed by atoms with Gasteiger partial charge in [-0.15, -0.1) is 0 Å². The third-order valence-electron chi connectivity index (χ3n) is 4.57. The molecule has 0 unspecified atom stereocenters. The molecule has 0 atom stereocenters. The Hall–Kier alpha value is -3.20. The van der Waals surface area contributed by atoms with E-state index in [2.05, 4.69) is 27.9 Å². The fourth-order valence-electron chi connectivity index (χ4n) is 3.08. The monoisotopic (exact) mass is 497 g/mol. The van der Waals surface area contributed by atoms with E-state index < -0.39 is 17.8 Å². The molecule has 29 heavy (non-hydrogen) atoms. The Balaban J connectivity index is 1.73. The molecular formula is C22H16IN3O3. The molecule has 0 spiro atoms. The number of carbonyl (C=O) groups is 3. The van der Waals surface area contributed by atoms with Crippen LogP contribution in [0.1, 0.15) is 11.3 Å². The zero-order valence-electron chi connectivity index (χ0n) is 15.4. The first-order valence-electron chi connectivity index (χ1n) is 8.85. The molecule has 1 aliphatic heterocycles. The van der Waals surface area contributed by atoms with Crippen molar-refractivity contribution in [3.8, 4) is 5.69 Å². The summed E-state index contributed by atoms with van der Waals surface area (Å²) in [6.07, 6.45) is 3.35. The third kappa shape index (κ3) is 3.73. The van der Waals surface area contributed by atoms with Crippen molar-refractivity contribution in [3.05, 3.63) is 87.3 Å². The fourth-order valence-corrected chi connectivity index (χ4v) is 3.44. The van der Waals surface area contributed by atoms with Crippen LogP contribution in [0.25, 0.3) is 11.8 Å². The van der Waals surface area contributed by atoms with E-state index >= 15 is 0 Å². The van der Waals surface area contributed by atoms with Crippen molar-refractivity contribution >= 4 is 52.2 Å². The van der Waals surface area contributed by atoms with Crippen molar-refractivity contribution in [1.82, 2.24) is 9.88 Å². The molecule has 0 bridgehead atoms. The lowest BCUT2D eigenvalue weighted by molar-refractivity contribution is -0.122. The maximum atomic E-state index is 13.0.